The summed E-state index contributed by atoms with van der Waals surface area (Å²) in [6, 6.07) is 10.1. The number of carbonyl (C=O) groups excluding carboxylic acids is 1. The van der Waals surface area contributed by atoms with Gasteiger partial charge in [0, 0.05) is 30.1 Å². The minimum Gasteiger partial charge on any atom is -0.320 e. The van der Waals surface area contributed by atoms with Gasteiger partial charge in [-0.05, 0) is 78.5 Å². The molecule has 36 heavy (non-hydrogen) atoms. The van der Waals surface area contributed by atoms with Crippen LogP contribution in [0.2, 0.25) is 0 Å². The molecule has 5 nitrogen and oxygen atoms in total. The summed E-state index contributed by atoms with van der Waals surface area (Å²) < 4.78 is 42.3. The highest BCUT2D eigenvalue weighted by Crippen LogP contribution is 2.43. The summed E-state index contributed by atoms with van der Waals surface area (Å²) in [5.74, 6) is 2.76. The molecule has 0 bridgehead atoms. The number of hydrogen-bond acceptors (Lipinski definition) is 3. The lowest BCUT2D eigenvalue weighted by atomic mass is 9.76. The molecule has 3 aliphatic rings. The average molecular weight is 517 g/mol. The standard InChI is InChI=1S/C19H15ClF3NO.C8H13N3/c20-9-11-6-15-16(17(7-11)19(21,22)23)10-24(18(15)25)14-3-1-2-13(8-14)12-4-5-12;1-6-3-7(4-6)8-10-9-5-11(8)2/h1-3,6-8,12H,4-5,9-10H2;5-7H,3-4H2,1-2H3. The number of anilines is 1. The van der Waals surface area contributed by atoms with Crippen molar-refractivity contribution in [1.82, 2.24) is 14.8 Å². The van der Waals surface area contributed by atoms with Crippen molar-refractivity contribution >= 4 is 23.2 Å². The molecule has 0 unspecified atom stereocenters. The van der Waals surface area contributed by atoms with Gasteiger partial charge in [-0.15, -0.1) is 21.8 Å². The number of hydrogen-bond donors (Lipinski definition) is 0. The van der Waals surface area contributed by atoms with Gasteiger partial charge in [0.1, 0.15) is 12.2 Å². The van der Waals surface area contributed by atoms with E-state index < -0.39 is 17.6 Å². The molecule has 0 atom stereocenters. The largest absolute Gasteiger partial charge is 0.416 e. The highest BCUT2D eigenvalue weighted by atomic mass is 35.5. The van der Waals surface area contributed by atoms with Crippen molar-refractivity contribution in [2.75, 3.05) is 4.90 Å². The Morgan fingerprint density at radius 2 is 1.86 bits per heavy atom. The first-order valence-corrected chi connectivity index (χ1v) is 12.7. The van der Waals surface area contributed by atoms with E-state index in [0.29, 0.717) is 23.1 Å². The number of amides is 1. The summed E-state index contributed by atoms with van der Waals surface area (Å²) in [6.45, 7) is 2.21. The second-order valence-corrected chi connectivity index (χ2v) is 10.4. The van der Waals surface area contributed by atoms with Crippen LogP contribution in [-0.2, 0) is 25.6 Å². The number of aryl methyl sites for hydroxylation is 1. The van der Waals surface area contributed by atoms with Gasteiger partial charge >= 0.3 is 6.18 Å². The molecule has 190 valence electrons. The Bertz CT molecular complexity index is 1280. The zero-order valence-electron chi connectivity index (χ0n) is 20.2. The number of carbonyl (C=O) groups is 1. The van der Waals surface area contributed by atoms with Gasteiger partial charge in [-0.3, -0.25) is 4.79 Å². The molecule has 0 spiro atoms. The van der Waals surface area contributed by atoms with Crippen LogP contribution in [0.5, 0.6) is 0 Å². The summed E-state index contributed by atoms with van der Waals surface area (Å²) in [5, 5.41) is 7.95. The lowest BCUT2D eigenvalue weighted by Crippen LogP contribution is -2.23. The monoisotopic (exact) mass is 516 g/mol. The zero-order chi connectivity index (χ0) is 25.6. The summed E-state index contributed by atoms with van der Waals surface area (Å²) in [6.07, 6.45) is 2.07. The molecule has 2 saturated carbocycles. The van der Waals surface area contributed by atoms with Gasteiger partial charge in [-0.1, -0.05) is 19.1 Å². The van der Waals surface area contributed by atoms with Gasteiger partial charge in [-0.2, -0.15) is 13.2 Å². The van der Waals surface area contributed by atoms with Gasteiger partial charge in [0.2, 0.25) is 0 Å². The number of nitrogens with zero attached hydrogens (tertiary/aromatic N) is 4. The van der Waals surface area contributed by atoms with Crippen LogP contribution in [0.3, 0.4) is 0 Å². The smallest absolute Gasteiger partial charge is 0.320 e. The maximum atomic E-state index is 13.4. The molecular formula is C27H28ClF3N4O. The molecule has 3 aromatic rings. The van der Waals surface area contributed by atoms with Crippen molar-refractivity contribution < 1.29 is 18.0 Å². The molecule has 2 heterocycles. The van der Waals surface area contributed by atoms with Crippen LogP contribution in [0.25, 0.3) is 0 Å². The maximum absolute atomic E-state index is 13.4. The van der Waals surface area contributed by atoms with Gasteiger partial charge in [0.05, 0.1) is 12.1 Å². The molecular weight excluding hydrogens is 489 g/mol. The van der Waals surface area contributed by atoms with Gasteiger partial charge in [-0.25, -0.2) is 0 Å². The van der Waals surface area contributed by atoms with Crippen molar-refractivity contribution in [3.63, 3.8) is 0 Å². The first kappa shape index (κ1) is 24.8. The Morgan fingerprint density at radius 1 is 1.11 bits per heavy atom. The third-order valence-corrected chi connectivity index (χ3v) is 7.59. The minimum atomic E-state index is -4.52. The van der Waals surface area contributed by atoms with Gasteiger partial charge < -0.3 is 9.47 Å². The molecule has 2 fully saturated rings. The first-order valence-electron chi connectivity index (χ1n) is 12.2. The van der Waals surface area contributed by atoms with E-state index in [1.54, 1.807) is 12.4 Å². The van der Waals surface area contributed by atoms with E-state index in [9.17, 15) is 18.0 Å². The van der Waals surface area contributed by atoms with Crippen LogP contribution in [0.1, 0.15) is 82.9 Å². The number of benzene rings is 2. The molecule has 2 aromatic carbocycles. The number of halogens is 4. The topological polar surface area (TPSA) is 51.0 Å². The summed E-state index contributed by atoms with van der Waals surface area (Å²) in [5.41, 5.74) is 1.44. The SMILES string of the molecule is CC1CC(c2nncn2C)C1.O=C1c2cc(CCl)cc(C(F)(F)F)c2CN1c1cccc(C2CC2)c1. The number of alkyl halides is 4. The molecule has 1 aliphatic heterocycles. The normalized spacial score (nSPS) is 21.1. The fraction of sp³-hybridized carbons (Fsp3) is 0.444. The zero-order valence-corrected chi connectivity index (χ0v) is 21.0. The van der Waals surface area contributed by atoms with Crippen LogP contribution in [-0.4, -0.2) is 20.7 Å². The van der Waals surface area contributed by atoms with Gasteiger partial charge in [0.15, 0.2) is 0 Å². The molecule has 1 aromatic heterocycles. The predicted octanol–water partition coefficient (Wildman–Crippen LogP) is 6.81. The molecule has 0 N–H and O–H groups in total. The van der Waals surface area contributed by atoms with E-state index in [4.69, 9.17) is 11.6 Å². The fourth-order valence-electron chi connectivity index (χ4n) is 5.15. The third-order valence-electron chi connectivity index (χ3n) is 7.28. The first-order chi connectivity index (χ1) is 17.2. The number of aromatic nitrogens is 3. The molecule has 9 heteroatoms. The Balaban J connectivity index is 0.000000202. The van der Waals surface area contributed by atoms with Crippen molar-refractivity contribution in [2.24, 2.45) is 13.0 Å². The van der Waals surface area contributed by atoms with Crippen LogP contribution >= 0.6 is 11.6 Å². The van der Waals surface area contributed by atoms with E-state index in [1.807, 2.05) is 29.8 Å². The predicted molar refractivity (Wildman–Crippen MR) is 132 cm³/mol. The van der Waals surface area contributed by atoms with E-state index in [0.717, 1.165) is 36.2 Å². The Kier molecular flexibility index (Phi) is 6.57. The average Bonchev–Trinajstić information content (AvgIpc) is 3.52. The number of rotatable bonds is 4. The van der Waals surface area contributed by atoms with Gasteiger partial charge in [0.25, 0.3) is 5.91 Å². The van der Waals surface area contributed by atoms with Crippen LogP contribution in [0.15, 0.2) is 42.7 Å². The fourth-order valence-corrected chi connectivity index (χ4v) is 5.30. The van der Waals surface area contributed by atoms with Crippen molar-refractivity contribution in [3.05, 3.63) is 76.4 Å². The van der Waals surface area contributed by atoms with Crippen LogP contribution < -0.4 is 4.90 Å². The highest BCUT2D eigenvalue weighted by Gasteiger charge is 2.40. The second-order valence-electron chi connectivity index (χ2n) is 10.1. The van der Waals surface area contributed by atoms with E-state index in [2.05, 4.69) is 17.1 Å². The maximum Gasteiger partial charge on any atom is 0.416 e. The van der Waals surface area contributed by atoms with Crippen molar-refractivity contribution in [2.45, 2.75) is 63.0 Å². The van der Waals surface area contributed by atoms with Crippen LogP contribution in [0, 0.1) is 5.92 Å². The lowest BCUT2D eigenvalue weighted by molar-refractivity contribution is -0.138. The molecule has 6 rings (SSSR count). The lowest BCUT2D eigenvalue weighted by Gasteiger charge is -2.31. The van der Waals surface area contributed by atoms with Crippen molar-refractivity contribution in [1.29, 1.82) is 0 Å². The summed E-state index contributed by atoms with van der Waals surface area (Å²) in [7, 11) is 2.01. The molecule has 2 aliphatic carbocycles. The number of fused-ring (bicyclic) bond motifs is 1. The highest BCUT2D eigenvalue weighted by molar-refractivity contribution is 6.17. The van der Waals surface area contributed by atoms with Crippen molar-refractivity contribution in [3.8, 4) is 0 Å². The summed E-state index contributed by atoms with van der Waals surface area (Å²) in [4.78, 5) is 14.2. The Morgan fingerprint density at radius 3 is 2.44 bits per heavy atom. The second kappa shape index (κ2) is 9.54. The molecule has 1 amide bonds. The van der Waals surface area contributed by atoms with Crippen LogP contribution in [0.4, 0.5) is 18.9 Å². The third kappa shape index (κ3) is 4.88. The molecule has 0 radical (unpaired) electrons. The molecule has 0 saturated heterocycles. The minimum absolute atomic E-state index is 0.0307. The Hall–Kier alpha value is -2.87. The van der Waals surface area contributed by atoms with E-state index in [-0.39, 0.29) is 23.6 Å². The van der Waals surface area contributed by atoms with E-state index >= 15 is 0 Å². The summed E-state index contributed by atoms with van der Waals surface area (Å²) >= 11 is 5.72. The quantitative estimate of drug-likeness (QED) is 0.358. The van der Waals surface area contributed by atoms with E-state index in [1.165, 1.54) is 23.8 Å². The Labute approximate surface area is 213 Å².